The number of fused-ring (bicyclic) bond motifs is 1. The molecule has 1 radical (unpaired) electrons. The first-order chi connectivity index (χ1) is 6.56. The Morgan fingerprint density at radius 2 is 2.07 bits per heavy atom. The van der Waals surface area contributed by atoms with E-state index in [1.165, 1.54) is 5.69 Å². The smallest absolute Gasteiger partial charge is 0.139 e. The first-order valence-electron chi connectivity index (χ1n) is 4.81. The summed E-state index contributed by atoms with van der Waals surface area (Å²) in [7, 11) is 0. The highest BCUT2D eigenvalue weighted by molar-refractivity contribution is 5.76. The van der Waals surface area contributed by atoms with E-state index in [0.29, 0.717) is 0 Å². The van der Waals surface area contributed by atoms with Gasteiger partial charge in [-0.2, -0.15) is 0 Å². The molecule has 3 N–H and O–H groups in total. The van der Waals surface area contributed by atoms with E-state index in [2.05, 4.69) is 22.3 Å². The molecule has 0 amide bonds. The van der Waals surface area contributed by atoms with Crippen LogP contribution in [-0.4, -0.2) is 12.1 Å². The molecule has 0 saturated heterocycles. The monoisotopic (exact) mass is 190 g/mol. The highest BCUT2D eigenvalue weighted by Gasteiger charge is 2.23. The number of para-hydroxylation sites is 2. The van der Waals surface area contributed by atoms with E-state index < -0.39 is 0 Å². The molecule has 75 valence electrons. The molecule has 1 aromatic carbocycles. The van der Waals surface area contributed by atoms with Crippen molar-refractivity contribution in [1.29, 1.82) is 0 Å². The van der Waals surface area contributed by atoms with Crippen molar-refractivity contribution in [3.63, 3.8) is 0 Å². The summed E-state index contributed by atoms with van der Waals surface area (Å²) in [5, 5.41) is 3.22. The van der Waals surface area contributed by atoms with Crippen LogP contribution in [0.3, 0.4) is 0 Å². The van der Waals surface area contributed by atoms with Gasteiger partial charge in [0.15, 0.2) is 0 Å². The lowest BCUT2D eigenvalue weighted by molar-refractivity contribution is 0.522. The van der Waals surface area contributed by atoms with Gasteiger partial charge in [0.05, 0.1) is 11.4 Å². The summed E-state index contributed by atoms with van der Waals surface area (Å²) in [4.78, 5) is 2.15. The number of hydrogen-bond acceptors (Lipinski definition) is 3. The summed E-state index contributed by atoms with van der Waals surface area (Å²) < 4.78 is 0. The molecule has 0 aromatic heterocycles. The highest BCUT2D eigenvalue weighted by Crippen LogP contribution is 2.32. The number of rotatable bonds is 2. The number of nitrogens with zero attached hydrogens (tertiary/aromatic N) is 1. The Labute approximate surface area is 84.9 Å². The van der Waals surface area contributed by atoms with Gasteiger partial charge in [-0.3, -0.25) is 0 Å². The second-order valence-corrected chi connectivity index (χ2v) is 4.41. The van der Waals surface area contributed by atoms with Crippen LogP contribution in [0.5, 0.6) is 0 Å². The number of hydrogen-bond donors (Lipinski definition) is 2. The van der Waals surface area contributed by atoms with Crippen LogP contribution in [-0.2, 0) is 0 Å². The van der Waals surface area contributed by atoms with E-state index in [1.807, 2.05) is 32.6 Å². The lowest BCUT2D eigenvalue weighted by Crippen LogP contribution is -2.44. The third kappa shape index (κ3) is 1.82. The lowest BCUT2D eigenvalue weighted by Gasteiger charge is -2.26. The van der Waals surface area contributed by atoms with Crippen LogP contribution in [0.15, 0.2) is 24.3 Å². The average molecular weight is 190 g/mol. The molecule has 3 nitrogen and oxygen atoms in total. The maximum atomic E-state index is 5.98. The highest BCUT2D eigenvalue weighted by atomic mass is 15.3. The third-order valence-electron chi connectivity index (χ3n) is 2.17. The maximum absolute atomic E-state index is 5.98. The van der Waals surface area contributed by atoms with Crippen molar-refractivity contribution in [3.05, 3.63) is 30.9 Å². The summed E-state index contributed by atoms with van der Waals surface area (Å²) >= 11 is 0. The van der Waals surface area contributed by atoms with Gasteiger partial charge in [0.1, 0.15) is 6.67 Å². The van der Waals surface area contributed by atoms with Gasteiger partial charge >= 0.3 is 0 Å². The molecular formula is C11H16N3. The van der Waals surface area contributed by atoms with Crippen molar-refractivity contribution in [1.82, 2.24) is 0 Å². The van der Waals surface area contributed by atoms with Crippen molar-refractivity contribution in [2.45, 2.75) is 19.4 Å². The minimum Gasteiger partial charge on any atom is -0.360 e. The van der Waals surface area contributed by atoms with Crippen molar-refractivity contribution in [2.24, 2.45) is 5.73 Å². The zero-order valence-electron chi connectivity index (χ0n) is 8.62. The summed E-state index contributed by atoms with van der Waals surface area (Å²) in [6.45, 7) is 6.85. The summed E-state index contributed by atoms with van der Waals surface area (Å²) in [6, 6.07) is 8.22. The first kappa shape index (κ1) is 9.34. The van der Waals surface area contributed by atoms with E-state index in [4.69, 9.17) is 5.73 Å². The minimum atomic E-state index is -0.185. The molecule has 0 bridgehead atoms. The van der Waals surface area contributed by atoms with Gasteiger partial charge in [-0.05, 0) is 26.0 Å². The van der Waals surface area contributed by atoms with Crippen LogP contribution in [0.25, 0.3) is 0 Å². The topological polar surface area (TPSA) is 41.3 Å². The van der Waals surface area contributed by atoms with E-state index in [0.717, 1.165) is 12.2 Å². The van der Waals surface area contributed by atoms with Crippen molar-refractivity contribution >= 4 is 11.4 Å². The van der Waals surface area contributed by atoms with Gasteiger partial charge in [-0.1, -0.05) is 12.1 Å². The number of nitrogens with two attached hydrogens (primary N) is 1. The molecule has 1 aromatic rings. The molecule has 1 aliphatic heterocycles. The fourth-order valence-electron chi connectivity index (χ4n) is 1.63. The maximum Gasteiger partial charge on any atom is 0.139 e. The van der Waals surface area contributed by atoms with Crippen LogP contribution in [0.1, 0.15) is 13.8 Å². The first-order valence-corrected chi connectivity index (χ1v) is 4.81. The minimum absolute atomic E-state index is 0.185. The quantitative estimate of drug-likeness (QED) is 0.747. The van der Waals surface area contributed by atoms with E-state index in [-0.39, 0.29) is 5.54 Å². The molecule has 0 aliphatic carbocycles. The van der Waals surface area contributed by atoms with Gasteiger partial charge in [-0.25, -0.2) is 0 Å². The van der Waals surface area contributed by atoms with Crippen molar-refractivity contribution < 1.29 is 0 Å². The Hall–Kier alpha value is -1.22. The second-order valence-electron chi connectivity index (χ2n) is 4.41. The molecule has 1 heterocycles. The van der Waals surface area contributed by atoms with Gasteiger partial charge < -0.3 is 16.0 Å². The molecule has 2 rings (SSSR count). The molecule has 0 atom stereocenters. The zero-order chi connectivity index (χ0) is 10.2. The Bertz CT molecular complexity index is 328. The van der Waals surface area contributed by atoms with Crippen LogP contribution in [0.2, 0.25) is 0 Å². The standard InChI is InChI=1S/C11H16N3/c1-11(2,12)7-14-8-13-9-5-3-4-6-10(9)14/h3-6,8,13H,7,12H2,1-2H3. The molecule has 3 heteroatoms. The van der Waals surface area contributed by atoms with Gasteiger partial charge in [-0.15, -0.1) is 0 Å². The Kier molecular flexibility index (Phi) is 2.11. The summed E-state index contributed by atoms with van der Waals surface area (Å²) in [5.74, 6) is 0. The van der Waals surface area contributed by atoms with Crippen LogP contribution in [0, 0.1) is 6.67 Å². The summed E-state index contributed by atoms with van der Waals surface area (Å²) in [5.41, 5.74) is 8.15. The van der Waals surface area contributed by atoms with Gasteiger partial charge in [0.25, 0.3) is 0 Å². The zero-order valence-corrected chi connectivity index (χ0v) is 8.62. The SMILES string of the molecule is CC(C)(N)CN1[CH]Nc2ccccc21. The molecule has 0 spiro atoms. The largest absolute Gasteiger partial charge is 0.360 e. The molecule has 14 heavy (non-hydrogen) atoms. The Balaban J connectivity index is 2.18. The van der Waals surface area contributed by atoms with Gasteiger partial charge in [0.2, 0.25) is 0 Å². The van der Waals surface area contributed by atoms with Crippen LogP contribution < -0.4 is 16.0 Å². The molecule has 0 saturated carbocycles. The number of nitrogens with one attached hydrogen (secondary N) is 1. The molecular weight excluding hydrogens is 174 g/mol. The Morgan fingerprint density at radius 3 is 2.79 bits per heavy atom. The average Bonchev–Trinajstić information content (AvgIpc) is 2.47. The third-order valence-corrected chi connectivity index (χ3v) is 2.17. The van der Waals surface area contributed by atoms with Crippen molar-refractivity contribution in [2.75, 3.05) is 16.8 Å². The predicted octanol–water partition coefficient (Wildman–Crippen LogP) is 1.78. The second kappa shape index (κ2) is 3.17. The molecule has 0 unspecified atom stereocenters. The number of benzene rings is 1. The van der Waals surface area contributed by atoms with Crippen LogP contribution >= 0.6 is 0 Å². The molecule has 0 fully saturated rings. The normalized spacial score (nSPS) is 15.2. The van der Waals surface area contributed by atoms with E-state index >= 15 is 0 Å². The Morgan fingerprint density at radius 1 is 1.36 bits per heavy atom. The predicted molar refractivity (Wildman–Crippen MR) is 60.0 cm³/mol. The van der Waals surface area contributed by atoms with Gasteiger partial charge in [0, 0.05) is 12.1 Å². The fourth-order valence-corrected chi connectivity index (χ4v) is 1.63. The van der Waals surface area contributed by atoms with Crippen LogP contribution in [0.4, 0.5) is 11.4 Å². The summed E-state index contributed by atoms with van der Waals surface area (Å²) in [6.07, 6.45) is 0. The van der Waals surface area contributed by atoms with Crippen molar-refractivity contribution in [3.8, 4) is 0 Å². The molecule has 1 aliphatic rings. The van der Waals surface area contributed by atoms with E-state index in [9.17, 15) is 0 Å². The lowest BCUT2D eigenvalue weighted by atomic mass is 10.1. The van der Waals surface area contributed by atoms with E-state index in [1.54, 1.807) is 0 Å². The fraction of sp³-hybridized carbons (Fsp3) is 0.364. The number of anilines is 2.